The van der Waals surface area contributed by atoms with Crippen molar-refractivity contribution in [2.45, 2.75) is 104 Å². The van der Waals surface area contributed by atoms with Gasteiger partial charge in [-0.25, -0.2) is 0 Å². The van der Waals surface area contributed by atoms with Gasteiger partial charge in [0.1, 0.15) is 0 Å². The van der Waals surface area contributed by atoms with Crippen LogP contribution >= 0.6 is 0 Å². The van der Waals surface area contributed by atoms with Crippen molar-refractivity contribution in [1.29, 1.82) is 0 Å². The number of rotatable bonds is 12. The fourth-order valence-electron chi connectivity index (χ4n) is 2.01. The van der Waals surface area contributed by atoms with Gasteiger partial charge in [-0.15, -0.1) is 0 Å². The SMILES string of the molecule is CCCCC(C)C(C)O.CCCCCCCCCCO. The summed E-state index contributed by atoms with van der Waals surface area (Å²) in [6.07, 6.45) is 13.9. The van der Waals surface area contributed by atoms with E-state index in [0.29, 0.717) is 12.5 Å². The summed E-state index contributed by atoms with van der Waals surface area (Å²) in [4.78, 5) is 0. The quantitative estimate of drug-likeness (QED) is 0.478. The van der Waals surface area contributed by atoms with Gasteiger partial charge in [-0.05, 0) is 25.7 Å². The molecule has 0 aromatic heterocycles. The monoisotopic (exact) mass is 288 g/mol. The summed E-state index contributed by atoms with van der Waals surface area (Å²) in [5, 5.41) is 17.6. The second-order valence-corrected chi connectivity index (χ2v) is 6.06. The Morgan fingerprint density at radius 2 is 1.15 bits per heavy atom. The summed E-state index contributed by atoms with van der Waals surface area (Å²) in [6, 6.07) is 0. The minimum atomic E-state index is -0.128. The van der Waals surface area contributed by atoms with E-state index in [1.165, 1.54) is 57.8 Å². The Balaban J connectivity index is 0. The van der Waals surface area contributed by atoms with Crippen molar-refractivity contribution in [3.63, 3.8) is 0 Å². The molecule has 0 amide bonds. The highest BCUT2D eigenvalue weighted by molar-refractivity contribution is 4.57. The molecule has 0 aliphatic rings. The molecule has 0 aliphatic carbocycles. The molecule has 124 valence electrons. The van der Waals surface area contributed by atoms with Crippen molar-refractivity contribution in [3.8, 4) is 0 Å². The van der Waals surface area contributed by atoms with Crippen molar-refractivity contribution >= 4 is 0 Å². The van der Waals surface area contributed by atoms with Gasteiger partial charge in [0, 0.05) is 6.61 Å². The van der Waals surface area contributed by atoms with Gasteiger partial charge in [-0.3, -0.25) is 0 Å². The van der Waals surface area contributed by atoms with Gasteiger partial charge in [0.15, 0.2) is 0 Å². The molecule has 0 radical (unpaired) electrons. The molecule has 0 fully saturated rings. The molecule has 2 unspecified atom stereocenters. The lowest BCUT2D eigenvalue weighted by Gasteiger charge is -2.12. The van der Waals surface area contributed by atoms with Gasteiger partial charge in [0.25, 0.3) is 0 Å². The van der Waals surface area contributed by atoms with Crippen molar-refractivity contribution in [3.05, 3.63) is 0 Å². The Morgan fingerprint density at radius 3 is 1.55 bits per heavy atom. The van der Waals surface area contributed by atoms with Gasteiger partial charge < -0.3 is 10.2 Å². The zero-order valence-corrected chi connectivity index (χ0v) is 14.5. The van der Waals surface area contributed by atoms with E-state index in [9.17, 15) is 0 Å². The van der Waals surface area contributed by atoms with Crippen LogP contribution in [0.2, 0.25) is 0 Å². The molecular formula is C18H40O2. The molecule has 0 bridgehead atoms. The number of hydrogen-bond acceptors (Lipinski definition) is 2. The summed E-state index contributed by atoms with van der Waals surface area (Å²) in [6.45, 7) is 8.75. The first-order valence-electron chi connectivity index (χ1n) is 8.88. The highest BCUT2D eigenvalue weighted by atomic mass is 16.3. The third-order valence-electron chi connectivity index (χ3n) is 3.85. The zero-order chi connectivity index (χ0) is 15.6. The molecule has 0 saturated carbocycles. The van der Waals surface area contributed by atoms with Crippen LogP contribution in [0.3, 0.4) is 0 Å². The smallest absolute Gasteiger partial charge is 0.0537 e. The summed E-state index contributed by atoms with van der Waals surface area (Å²) in [5.74, 6) is 0.477. The highest BCUT2D eigenvalue weighted by Gasteiger charge is 2.06. The third kappa shape index (κ3) is 20.2. The molecular weight excluding hydrogens is 248 g/mol. The lowest BCUT2D eigenvalue weighted by atomic mass is 10.00. The van der Waals surface area contributed by atoms with Gasteiger partial charge in [-0.2, -0.15) is 0 Å². The van der Waals surface area contributed by atoms with Gasteiger partial charge in [0.05, 0.1) is 6.10 Å². The van der Waals surface area contributed by atoms with E-state index in [1.54, 1.807) is 0 Å². The lowest BCUT2D eigenvalue weighted by molar-refractivity contribution is 0.128. The van der Waals surface area contributed by atoms with Crippen LogP contribution in [-0.2, 0) is 0 Å². The van der Waals surface area contributed by atoms with E-state index >= 15 is 0 Å². The Bertz CT molecular complexity index is 149. The van der Waals surface area contributed by atoms with Crippen LogP contribution < -0.4 is 0 Å². The maximum absolute atomic E-state index is 9.05. The topological polar surface area (TPSA) is 40.5 Å². The molecule has 2 nitrogen and oxygen atoms in total. The first-order chi connectivity index (χ1) is 9.59. The largest absolute Gasteiger partial charge is 0.396 e. The van der Waals surface area contributed by atoms with E-state index in [-0.39, 0.29) is 6.10 Å². The average molecular weight is 289 g/mol. The minimum Gasteiger partial charge on any atom is -0.396 e. The molecule has 0 rings (SSSR count). The first-order valence-corrected chi connectivity index (χ1v) is 8.88. The van der Waals surface area contributed by atoms with E-state index in [0.717, 1.165) is 12.8 Å². The first kappa shape index (κ1) is 22.2. The molecule has 0 saturated heterocycles. The maximum atomic E-state index is 9.05. The number of aliphatic hydroxyl groups is 2. The second kappa shape index (κ2) is 18.9. The summed E-state index contributed by atoms with van der Waals surface area (Å²) < 4.78 is 0. The van der Waals surface area contributed by atoms with Crippen molar-refractivity contribution in [2.24, 2.45) is 5.92 Å². The molecule has 20 heavy (non-hydrogen) atoms. The van der Waals surface area contributed by atoms with E-state index < -0.39 is 0 Å². The predicted molar refractivity (Wildman–Crippen MR) is 90.1 cm³/mol. The Labute approximate surface area is 128 Å². The molecule has 0 heterocycles. The molecule has 0 aromatic carbocycles. The summed E-state index contributed by atoms with van der Waals surface area (Å²) in [7, 11) is 0. The fraction of sp³-hybridized carbons (Fsp3) is 1.00. The van der Waals surface area contributed by atoms with Crippen molar-refractivity contribution in [1.82, 2.24) is 0 Å². The third-order valence-corrected chi connectivity index (χ3v) is 3.85. The average Bonchev–Trinajstić information content (AvgIpc) is 2.44. The fourth-order valence-corrected chi connectivity index (χ4v) is 2.01. The van der Waals surface area contributed by atoms with Crippen LogP contribution in [0.1, 0.15) is 98.3 Å². The van der Waals surface area contributed by atoms with Gasteiger partial charge in [-0.1, -0.05) is 78.6 Å². The van der Waals surface area contributed by atoms with Gasteiger partial charge >= 0.3 is 0 Å². The summed E-state index contributed by atoms with van der Waals surface area (Å²) >= 11 is 0. The Hall–Kier alpha value is -0.0800. The predicted octanol–water partition coefficient (Wildman–Crippen LogP) is 5.31. The second-order valence-electron chi connectivity index (χ2n) is 6.06. The van der Waals surface area contributed by atoms with Crippen LogP contribution in [0.15, 0.2) is 0 Å². The zero-order valence-electron chi connectivity index (χ0n) is 14.5. The lowest BCUT2D eigenvalue weighted by Crippen LogP contribution is -2.12. The molecule has 2 N–H and O–H groups in total. The Kier molecular flexibility index (Phi) is 21.0. The van der Waals surface area contributed by atoms with Crippen LogP contribution in [0, 0.1) is 5.92 Å². The minimum absolute atomic E-state index is 0.128. The standard InChI is InChI=1S/C10H22O.C8H18O/c1-2-3-4-5-6-7-8-9-10-11;1-4-5-6-7(2)8(3)9/h11H,2-10H2,1H3;7-9H,4-6H2,1-3H3. The number of aliphatic hydroxyl groups excluding tert-OH is 2. The molecule has 0 aromatic rings. The van der Waals surface area contributed by atoms with E-state index in [1.807, 2.05) is 6.92 Å². The number of hydrogen-bond donors (Lipinski definition) is 2. The van der Waals surface area contributed by atoms with Crippen LogP contribution in [0.5, 0.6) is 0 Å². The van der Waals surface area contributed by atoms with Crippen LogP contribution in [-0.4, -0.2) is 22.9 Å². The van der Waals surface area contributed by atoms with Crippen molar-refractivity contribution < 1.29 is 10.2 Å². The maximum Gasteiger partial charge on any atom is 0.0537 e. The van der Waals surface area contributed by atoms with E-state index in [2.05, 4.69) is 20.8 Å². The summed E-state index contributed by atoms with van der Waals surface area (Å²) in [5.41, 5.74) is 0. The van der Waals surface area contributed by atoms with Crippen LogP contribution in [0.4, 0.5) is 0 Å². The normalized spacial score (nSPS) is 13.5. The Morgan fingerprint density at radius 1 is 0.700 bits per heavy atom. The molecule has 0 spiro atoms. The van der Waals surface area contributed by atoms with Crippen molar-refractivity contribution in [2.75, 3.05) is 6.61 Å². The van der Waals surface area contributed by atoms with Gasteiger partial charge in [0.2, 0.25) is 0 Å². The molecule has 2 atom stereocenters. The number of unbranched alkanes of at least 4 members (excludes halogenated alkanes) is 8. The highest BCUT2D eigenvalue weighted by Crippen LogP contribution is 2.11. The molecule has 0 aliphatic heterocycles. The molecule has 2 heteroatoms. The van der Waals surface area contributed by atoms with Crippen LogP contribution in [0.25, 0.3) is 0 Å². The van der Waals surface area contributed by atoms with E-state index in [4.69, 9.17) is 10.2 Å².